The Bertz CT molecular complexity index is 1470. The quantitative estimate of drug-likeness (QED) is 0.376. The van der Waals surface area contributed by atoms with Gasteiger partial charge in [-0.25, -0.2) is 4.39 Å². The van der Waals surface area contributed by atoms with Crippen molar-refractivity contribution in [1.82, 2.24) is 4.57 Å². The summed E-state index contributed by atoms with van der Waals surface area (Å²) < 4.78 is 31.7. The van der Waals surface area contributed by atoms with E-state index in [-0.39, 0.29) is 31.5 Å². The Kier molecular flexibility index (Phi) is 5.79. The maximum Gasteiger partial charge on any atom is 0.259 e. The van der Waals surface area contributed by atoms with Crippen molar-refractivity contribution in [2.45, 2.75) is 13.2 Å². The predicted molar refractivity (Wildman–Crippen MR) is 126 cm³/mol. The normalized spacial score (nSPS) is 12.6. The van der Waals surface area contributed by atoms with Crippen LogP contribution in [-0.2, 0) is 17.9 Å². The Labute approximate surface area is 198 Å². The van der Waals surface area contributed by atoms with Gasteiger partial charge in [0.05, 0.1) is 31.3 Å². The Morgan fingerprint density at radius 3 is 2.86 bits per heavy atom. The molecule has 0 radical (unpaired) electrons. The number of carbonyl (C=O) groups excluding carboxylic acids is 1. The molecule has 35 heavy (non-hydrogen) atoms. The topological polar surface area (TPSA) is 111 Å². The van der Waals surface area contributed by atoms with E-state index in [1.54, 1.807) is 42.5 Å². The number of nitrogens with zero attached hydrogens (tertiary/aromatic N) is 2. The second kappa shape index (κ2) is 9.07. The van der Waals surface area contributed by atoms with Gasteiger partial charge in [0, 0.05) is 22.2 Å². The van der Waals surface area contributed by atoms with E-state index in [2.05, 4.69) is 10.5 Å². The number of benzene rings is 3. The fourth-order valence-electron chi connectivity index (χ4n) is 4.22. The van der Waals surface area contributed by atoms with Gasteiger partial charge in [0.15, 0.2) is 12.5 Å². The molecule has 1 aromatic heterocycles. The molecule has 2 N–H and O–H groups in total. The van der Waals surface area contributed by atoms with Crippen molar-refractivity contribution in [2.24, 2.45) is 5.18 Å². The minimum atomic E-state index is -0.484. The highest BCUT2D eigenvalue weighted by Gasteiger charge is 2.23. The number of aromatic nitrogens is 1. The molecule has 1 amide bonds. The van der Waals surface area contributed by atoms with Crippen LogP contribution in [0.1, 0.15) is 21.5 Å². The predicted octanol–water partition coefficient (Wildman–Crippen LogP) is 5.06. The highest BCUT2D eigenvalue weighted by atomic mass is 19.1. The van der Waals surface area contributed by atoms with Crippen LogP contribution in [0.3, 0.4) is 0 Å². The lowest BCUT2D eigenvalue weighted by atomic mass is 10.1. The number of amides is 1. The van der Waals surface area contributed by atoms with Crippen LogP contribution in [0.5, 0.6) is 17.4 Å². The van der Waals surface area contributed by atoms with Crippen molar-refractivity contribution in [1.29, 1.82) is 0 Å². The Balaban J connectivity index is 1.56. The lowest BCUT2D eigenvalue weighted by molar-refractivity contribution is -0.0173. The van der Waals surface area contributed by atoms with Crippen molar-refractivity contribution in [2.75, 3.05) is 19.2 Å². The van der Waals surface area contributed by atoms with Crippen LogP contribution >= 0.6 is 0 Å². The molecule has 0 atom stereocenters. The van der Waals surface area contributed by atoms with Gasteiger partial charge in [0.2, 0.25) is 5.88 Å². The average molecular weight is 477 g/mol. The summed E-state index contributed by atoms with van der Waals surface area (Å²) in [6.45, 7) is 0.199. The molecular weight excluding hydrogens is 457 g/mol. The molecule has 1 aliphatic rings. The second-order valence-electron chi connectivity index (χ2n) is 7.90. The van der Waals surface area contributed by atoms with Crippen molar-refractivity contribution >= 4 is 28.2 Å². The standard InChI is InChI=1S/C25H20FN3O6/c1-33-21-5-3-2-4-19(21)24(30)27-17-6-7-18-20(10-17)29(25(31)22(18)28-32)11-14-8-16(26)9-15-12-34-13-35-23(14)15/h2-10,31H,11-13H2,1H3,(H,27,30). The first-order valence-electron chi connectivity index (χ1n) is 10.6. The number of carbonyl (C=O) groups is 1. The van der Waals surface area contributed by atoms with Gasteiger partial charge in [0.25, 0.3) is 5.91 Å². The number of methoxy groups -OCH3 is 1. The van der Waals surface area contributed by atoms with Gasteiger partial charge in [-0.1, -0.05) is 12.1 Å². The molecular formula is C25H20FN3O6. The molecule has 10 heteroatoms. The van der Waals surface area contributed by atoms with Gasteiger partial charge in [-0.05, 0) is 47.6 Å². The smallest absolute Gasteiger partial charge is 0.259 e. The number of hydrogen-bond donors (Lipinski definition) is 2. The first-order chi connectivity index (χ1) is 17.0. The highest BCUT2D eigenvalue weighted by Crippen LogP contribution is 2.41. The summed E-state index contributed by atoms with van der Waals surface area (Å²) in [6.07, 6.45) is 0. The highest BCUT2D eigenvalue weighted by molar-refractivity contribution is 6.07. The molecule has 0 saturated carbocycles. The first kappa shape index (κ1) is 22.4. The summed E-state index contributed by atoms with van der Waals surface area (Å²) in [6, 6.07) is 14.2. The molecule has 0 unspecified atom stereocenters. The minimum absolute atomic E-state index is 0.0120. The molecule has 0 saturated heterocycles. The maximum atomic E-state index is 14.3. The number of ether oxygens (including phenoxy) is 3. The molecule has 0 fully saturated rings. The molecule has 1 aliphatic heterocycles. The Morgan fingerprint density at radius 1 is 1.23 bits per heavy atom. The molecule has 3 aromatic carbocycles. The van der Waals surface area contributed by atoms with E-state index in [1.807, 2.05) is 0 Å². The number of halogens is 1. The number of nitrogens with one attached hydrogen (secondary N) is 1. The van der Waals surface area contributed by atoms with Crippen LogP contribution in [0.2, 0.25) is 0 Å². The molecule has 0 bridgehead atoms. The number of aromatic hydroxyl groups is 1. The summed E-state index contributed by atoms with van der Waals surface area (Å²) in [5.41, 5.74) is 2.01. The summed E-state index contributed by atoms with van der Waals surface area (Å²) >= 11 is 0. The van der Waals surface area contributed by atoms with E-state index in [4.69, 9.17) is 14.2 Å². The number of para-hydroxylation sites is 1. The Hall–Kier alpha value is -4.44. The van der Waals surface area contributed by atoms with E-state index in [9.17, 15) is 19.2 Å². The maximum absolute atomic E-state index is 14.3. The molecule has 0 aliphatic carbocycles. The number of nitroso groups, excluding NO2 is 1. The summed E-state index contributed by atoms with van der Waals surface area (Å²) in [4.78, 5) is 24.4. The lowest BCUT2D eigenvalue weighted by Gasteiger charge is -2.21. The van der Waals surface area contributed by atoms with E-state index in [1.165, 1.54) is 23.8 Å². The zero-order valence-electron chi connectivity index (χ0n) is 18.6. The monoisotopic (exact) mass is 477 g/mol. The SMILES string of the molecule is COc1ccccc1C(=O)Nc1ccc2c(N=O)c(O)n(Cc3cc(F)cc4c3OCOC4)c2c1. The third kappa shape index (κ3) is 4.04. The van der Waals surface area contributed by atoms with Crippen molar-refractivity contribution < 1.29 is 28.5 Å². The van der Waals surface area contributed by atoms with Crippen LogP contribution < -0.4 is 14.8 Å². The third-order valence-corrected chi connectivity index (χ3v) is 5.79. The minimum Gasteiger partial charge on any atom is -0.496 e. The second-order valence-corrected chi connectivity index (χ2v) is 7.90. The summed E-state index contributed by atoms with van der Waals surface area (Å²) in [5.74, 6) is -0.388. The fourth-order valence-corrected chi connectivity index (χ4v) is 4.22. The lowest BCUT2D eigenvalue weighted by Crippen LogP contribution is -2.15. The number of fused-ring (bicyclic) bond motifs is 2. The average Bonchev–Trinajstić information content (AvgIpc) is 3.13. The van der Waals surface area contributed by atoms with Crippen LogP contribution in [0.15, 0.2) is 59.8 Å². The van der Waals surface area contributed by atoms with Crippen LogP contribution in [0.25, 0.3) is 10.9 Å². The Morgan fingerprint density at radius 2 is 2.06 bits per heavy atom. The summed E-state index contributed by atoms with van der Waals surface area (Å²) in [5, 5.41) is 16.9. The molecule has 4 aromatic rings. The van der Waals surface area contributed by atoms with Crippen LogP contribution in [0, 0.1) is 10.7 Å². The van der Waals surface area contributed by atoms with Crippen molar-refractivity contribution in [3.8, 4) is 17.4 Å². The van der Waals surface area contributed by atoms with Crippen LogP contribution in [-0.4, -0.2) is 29.5 Å². The van der Waals surface area contributed by atoms with E-state index in [0.717, 1.165) is 0 Å². The summed E-state index contributed by atoms with van der Waals surface area (Å²) in [7, 11) is 1.47. The van der Waals surface area contributed by atoms with E-state index < -0.39 is 11.7 Å². The largest absolute Gasteiger partial charge is 0.496 e. The molecule has 2 heterocycles. The number of anilines is 1. The van der Waals surface area contributed by atoms with Gasteiger partial charge in [0.1, 0.15) is 17.3 Å². The van der Waals surface area contributed by atoms with Gasteiger partial charge < -0.3 is 29.2 Å². The molecule has 9 nitrogen and oxygen atoms in total. The number of hydrogen-bond acceptors (Lipinski definition) is 7. The molecule has 5 rings (SSSR count). The third-order valence-electron chi connectivity index (χ3n) is 5.79. The van der Waals surface area contributed by atoms with E-state index in [0.29, 0.717) is 44.8 Å². The zero-order chi connectivity index (χ0) is 24.5. The fraction of sp³-hybridized carbons (Fsp3) is 0.160. The van der Waals surface area contributed by atoms with Crippen molar-refractivity contribution in [3.05, 3.63) is 82.0 Å². The van der Waals surface area contributed by atoms with Gasteiger partial charge in [-0.15, -0.1) is 4.91 Å². The molecule has 178 valence electrons. The van der Waals surface area contributed by atoms with Gasteiger partial charge in [-0.2, -0.15) is 0 Å². The van der Waals surface area contributed by atoms with Gasteiger partial charge >= 0.3 is 0 Å². The first-order valence-corrected chi connectivity index (χ1v) is 10.6. The zero-order valence-corrected chi connectivity index (χ0v) is 18.6. The van der Waals surface area contributed by atoms with E-state index >= 15 is 0 Å². The van der Waals surface area contributed by atoms with Crippen molar-refractivity contribution in [3.63, 3.8) is 0 Å². The van der Waals surface area contributed by atoms with Crippen LogP contribution in [0.4, 0.5) is 15.8 Å². The van der Waals surface area contributed by atoms with Gasteiger partial charge in [-0.3, -0.25) is 4.79 Å². The number of rotatable bonds is 6. The molecule has 0 spiro atoms.